The van der Waals surface area contributed by atoms with E-state index in [2.05, 4.69) is 46.2 Å². The summed E-state index contributed by atoms with van der Waals surface area (Å²) >= 11 is 0. The number of ether oxygens (including phenoxy) is 2. The molecule has 22 heavy (non-hydrogen) atoms. The monoisotopic (exact) mass is 303 g/mol. The molecule has 2 atom stereocenters. The molecular formula is C16H21N3O3. The van der Waals surface area contributed by atoms with Crippen molar-refractivity contribution in [3.63, 3.8) is 0 Å². The Hall–Kier alpha value is -1.76. The molecule has 0 unspecified atom stereocenters. The van der Waals surface area contributed by atoms with E-state index in [0.717, 1.165) is 6.54 Å². The lowest BCUT2D eigenvalue weighted by molar-refractivity contribution is -0.0626. The van der Waals surface area contributed by atoms with Gasteiger partial charge in [-0.25, -0.2) is 0 Å². The molecule has 1 aliphatic heterocycles. The Bertz CT molecular complexity index is 587. The Morgan fingerprint density at radius 2 is 2.14 bits per heavy atom. The summed E-state index contributed by atoms with van der Waals surface area (Å²) in [4.78, 5) is 6.69. The Balaban J connectivity index is 1.75. The maximum absolute atomic E-state index is 5.83. The Morgan fingerprint density at radius 3 is 2.91 bits per heavy atom. The first-order chi connectivity index (χ1) is 10.8. The molecule has 0 spiro atoms. The maximum atomic E-state index is 5.83. The van der Waals surface area contributed by atoms with Crippen LogP contribution < -0.4 is 0 Å². The standard InChI is InChI=1S/C16H21N3O3/c1-12-8-19(9-16-17-15(11-20-2)18-22-16)14(10-21-12)13-6-4-3-5-7-13/h3-7,12,14H,8-11H2,1-2H3/t12-,14-/m0/s1. The van der Waals surface area contributed by atoms with Gasteiger partial charge >= 0.3 is 0 Å². The van der Waals surface area contributed by atoms with Crippen LogP contribution in [-0.2, 0) is 22.6 Å². The number of rotatable bonds is 5. The van der Waals surface area contributed by atoms with Crippen LogP contribution in [0.5, 0.6) is 0 Å². The van der Waals surface area contributed by atoms with E-state index in [1.165, 1.54) is 5.56 Å². The van der Waals surface area contributed by atoms with Crippen LogP contribution in [0.25, 0.3) is 0 Å². The molecule has 118 valence electrons. The summed E-state index contributed by atoms with van der Waals surface area (Å²) in [6, 6.07) is 10.6. The average Bonchev–Trinajstić information content (AvgIpc) is 2.96. The van der Waals surface area contributed by atoms with E-state index in [9.17, 15) is 0 Å². The largest absolute Gasteiger partial charge is 0.377 e. The van der Waals surface area contributed by atoms with Gasteiger partial charge in [0.1, 0.15) is 6.61 Å². The van der Waals surface area contributed by atoms with Gasteiger partial charge in [0, 0.05) is 13.7 Å². The topological polar surface area (TPSA) is 60.6 Å². The third-order valence-corrected chi connectivity index (χ3v) is 3.78. The van der Waals surface area contributed by atoms with E-state index in [0.29, 0.717) is 31.5 Å². The summed E-state index contributed by atoms with van der Waals surface area (Å²) in [7, 11) is 1.62. The van der Waals surface area contributed by atoms with Crippen molar-refractivity contribution in [2.24, 2.45) is 0 Å². The highest BCUT2D eigenvalue weighted by Crippen LogP contribution is 2.27. The van der Waals surface area contributed by atoms with Crippen LogP contribution in [0.15, 0.2) is 34.9 Å². The first-order valence-electron chi connectivity index (χ1n) is 7.47. The zero-order chi connectivity index (χ0) is 15.4. The Morgan fingerprint density at radius 1 is 1.32 bits per heavy atom. The SMILES string of the molecule is COCc1noc(CN2C[C@H](C)OC[C@H]2c2ccccc2)n1. The third-order valence-electron chi connectivity index (χ3n) is 3.78. The number of benzene rings is 1. The molecular weight excluding hydrogens is 282 g/mol. The van der Waals surface area contributed by atoms with Crippen molar-refractivity contribution in [2.75, 3.05) is 20.3 Å². The van der Waals surface area contributed by atoms with Crippen LogP contribution in [0.2, 0.25) is 0 Å². The molecule has 2 aromatic rings. The molecule has 0 amide bonds. The van der Waals surface area contributed by atoms with Gasteiger partial charge in [0.25, 0.3) is 0 Å². The summed E-state index contributed by atoms with van der Waals surface area (Å²) in [5.74, 6) is 1.19. The quantitative estimate of drug-likeness (QED) is 0.843. The fourth-order valence-electron chi connectivity index (χ4n) is 2.74. The first-order valence-corrected chi connectivity index (χ1v) is 7.47. The van der Waals surface area contributed by atoms with Gasteiger partial charge in [0.15, 0.2) is 5.82 Å². The van der Waals surface area contributed by atoms with E-state index in [-0.39, 0.29) is 12.1 Å². The first kappa shape index (κ1) is 15.1. The molecule has 6 nitrogen and oxygen atoms in total. The highest BCUT2D eigenvalue weighted by molar-refractivity contribution is 5.19. The summed E-state index contributed by atoms with van der Waals surface area (Å²) in [5.41, 5.74) is 1.24. The van der Waals surface area contributed by atoms with E-state index in [1.807, 2.05) is 6.07 Å². The number of aromatic nitrogens is 2. The van der Waals surface area contributed by atoms with Gasteiger partial charge in [0.2, 0.25) is 5.89 Å². The molecule has 0 saturated carbocycles. The molecule has 1 aromatic carbocycles. The lowest BCUT2D eigenvalue weighted by atomic mass is 10.0. The van der Waals surface area contributed by atoms with Crippen LogP contribution in [-0.4, -0.2) is 41.4 Å². The van der Waals surface area contributed by atoms with Crippen molar-refractivity contribution in [3.05, 3.63) is 47.6 Å². The van der Waals surface area contributed by atoms with Crippen molar-refractivity contribution in [1.82, 2.24) is 15.0 Å². The molecule has 0 bridgehead atoms. The highest BCUT2D eigenvalue weighted by atomic mass is 16.5. The minimum absolute atomic E-state index is 0.196. The fraction of sp³-hybridized carbons (Fsp3) is 0.500. The van der Waals surface area contributed by atoms with Gasteiger partial charge in [-0.15, -0.1) is 0 Å². The van der Waals surface area contributed by atoms with Crippen LogP contribution in [0, 0.1) is 0 Å². The van der Waals surface area contributed by atoms with Gasteiger partial charge in [-0.05, 0) is 12.5 Å². The van der Waals surface area contributed by atoms with Gasteiger partial charge in [-0.2, -0.15) is 4.98 Å². The van der Waals surface area contributed by atoms with Crippen LogP contribution in [0.1, 0.15) is 30.2 Å². The van der Waals surface area contributed by atoms with Crippen LogP contribution in [0.4, 0.5) is 0 Å². The zero-order valence-electron chi connectivity index (χ0n) is 12.9. The summed E-state index contributed by atoms with van der Waals surface area (Å²) in [6.45, 7) is 4.57. The van der Waals surface area contributed by atoms with E-state index in [4.69, 9.17) is 14.0 Å². The van der Waals surface area contributed by atoms with E-state index in [1.54, 1.807) is 7.11 Å². The third kappa shape index (κ3) is 3.52. The number of nitrogens with zero attached hydrogens (tertiary/aromatic N) is 3. The van der Waals surface area contributed by atoms with Gasteiger partial charge in [0.05, 0.1) is 25.3 Å². The second-order valence-corrected chi connectivity index (χ2v) is 5.54. The minimum Gasteiger partial charge on any atom is -0.377 e. The van der Waals surface area contributed by atoms with Crippen LogP contribution >= 0.6 is 0 Å². The van der Waals surface area contributed by atoms with Gasteiger partial charge < -0.3 is 14.0 Å². The smallest absolute Gasteiger partial charge is 0.240 e. The molecule has 1 aromatic heterocycles. The van der Waals surface area contributed by atoms with Crippen molar-refractivity contribution in [1.29, 1.82) is 0 Å². The summed E-state index contributed by atoms with van der Waals surface area (Å²) < 4.78 is 16.2. The predicted molar refractivity (Wildman–Crippen MR) is 80.0 cm³/mol. The number of hydrogen-bond donors (Lipinski definition) is 0. The van der Waals surface area contributed by atoms with E-state index < -0.39 is 0 Å². The highest BCUT2D eigenvalue weighted by Gasteiger charge is 2.29. The minimum atomic E-state index is 0.196. The second-order valence-electron chi connectivity index (χ2n) is 5.54. The van der Waals surface area contributed by atoms with Gasteiger partial charge in [-0.3, -0.25) is 4.90 Å². The molecule has 2 heterocycles. The summed E-state index contributed by atoms with van der Waals surface area (Å²) in [5, 5.41) is 3.92. The summed E-state index contributed by atoms with van der Waals surface area (Å²) in [6.07, 6.45) is 0.196. The molecule has 6 heteroatoms. The normalized spacial score (nSPS) is 22.8. The van der Waals surface area contributed by atoms with E-state index >= 15 is 0 Å². The molecule has 1 aliphatic rings. The molecule has 1 saturated heterocycles. The molecule has 3 rings (SSSR count). The molecule has 0 radical (unpaired) electrons. The van der Waals surface area contributed by atoms with Crippen molar-refractivity contribution in [2.45, 2.75) is 32.2 Å². The van der Waals surface area contributed by atoms with Gasteiger partial charge in [-0.1, -0.05) is 35.5 Å². The maximum Gasteiger partial charge on any atom is 0.240 e. The van der Waals surface area contributed by atoms with Crippen LogP contribution in [0.3, 0.4) is 0 Å². The Labute approximate surface area is 130 Å². The second kappa shape index (κ2) is 7.00. The van der Waals surface area contributed by atoms with Crippen molar-refractivity contribution < 1.29 is 14.0 Å². The number of morpholine rings is 1. The molecule has 0 N–H and O–H groups in total. The Kier molecular flexibility index (Phi) is 4.82. The lowest BCUT2D eigenvalue weighted by Crippen LogP contribution is -2.43. The molecule has 0 aliphatic carbocycles. The fourth-order valence-corrected chi connectivity index (χ4v) is 2.74. The zero-order valence-corrected chi connectivity index (χ0v) is 12.9. The van der Waals surface area contributed by atoms with Crippen molar-refractivity contribution >= 4 is 0 Å². The lowest BCUT2D eigenvalue weighted by Gasteiger charge is -2.38. The predicted octanol–water partition coefficient (Wildman–Crippen LogP) is 2.18. The molecule has 1 fully saturated rings. The number of methoxy groups -OCH3 is 1. The number of hydrogen-bond acceptors (Lipinski definition) is 6. The van der Waals surface area contributed by atoms with Crippen molar-refractivity contribution in [3.8, 4) is 0 Å². The average molecular weight is 303 g/mol.